The van der Waals surface area contributed by atoms with Crippen LogP contribution >= 0.6 is 15.9 Å². The van der Waals surface area contributed by atoms with Crippen LogP contribution in [0.3, 0.4) is 0 Å². The van der Waals surface area contributed by atoms with Gasteiger partial charge in [0.25, 0.3) is 0 Å². The molecule has 4 rings (SSSR count). The minimum Gasteiger partial charge on any atom is -0.437 e. The first kappa shape index (κ1) is 25.1. The lowest BCUT2D eigenvalue weighted by Crippen LogP contribution is -2.41. The van der Waals surface area contributed by atoms with E-state index in [-0.39, 0.29) is 10.9 Å². The number of sulfone groups is 1. The van der Waals surface area contributed by atoms with Crippen LogP contribution in [0.15, 0.2) is 52.0 Å². The van der Waals surface area contributed by atoms with Crippen LogP contribution in [0.2, 0.25) is 0 Å². The summed E-state index contributed by atoms with van der Waals surface area (Å²) in [7, 11) is -3.38. The van der Waals surface area contributed by atoms with Crippen LogP contribution in [-0.4, -0.2) is 43.8 Å². The Morgan fingerprint density at radius 1 is 1.17 bits per heavy atom. The number of hydrogen-bond donors (Lipinski definition) is 1. The molecule has 10 heteroatoms. The number of ether oxygens (including phenoxy) is 1. The normalized spacial score (nSPS) is 14.4. The van der Waals surface area contributed by atoms with Gasteiger partial charge in [-0.1, -0.05) is 6.07 Å². The van der Waals surface area contributed by atoms with Crippen molar-refractivity contribution < 1.29 is 13.2 Å². The highest BCUT2D eigenvalue weighted by molar-refractivity contribution is 9.10. The summed E-state index contributed by atoms with van der Waals surface area (Å²) in [5, 5.41) is 12.6. The molecule has 0 saturated carbocycles. The Morgan fingerprint density at radius 2 is 1.86 bits per heavy atom. The molecule has 0 radical (unpaired) electrons. The van der Waals surface area contributed by atoms with Gasteiger partial charge in [0.15, 0.2) is 9.84 Å². The topological polar surface area (TPSA) is 108 Å². The van der Waals surface area contributed by atoms with Crippen LogP contribution in [0.1, 0.15) is 29.5 Å². The van der Waals surface area contributed by atoms with Crippen molar-refractivity contribution in [3.63, 3.8) is 0 Å². The van der Waals surface area contributed by atoms with Crippen molar-refractivity contribution in [3.05, 3.63) is 63.8 Å². The Bertz CT molecular complexity index is 1380. The summed E-state index contributed by atoms with van der Waals surface area (Å²) in [5.41, 5.74) is 2.92. The van der Waals surface area contributed by atoms with Crippen LogP contribution in [0.4, 0.5) is 11.6 Å². The fourth-order valence-corrected chi connectivity index (χ4v) is 5.15. The Morgan fingerprint density at radius 3 is 2.49 bits per heavy atom. The molecule has 8 nitrogen and oxygen atoms in total. The highest BCUT2D eigenvalue weighted by atomic mass is 79.9. The number of hydrogen-bond acceptors (Lipinski definition) is 8. The van der Waals surface area contributed by atoms with Crippen molar-refractivity contribution in [2.75, 3.05) is 24.2 Å². The number of nitrogens with one attached hydrogen (secondary N) is 1. The van der Waals surface area contributed by atoms with Gasteiger partial charge in [0.1, 0.15) is 5.75 Å². The minimum absolute atomic E-state index is 0.0819. The molecule has 0 amide bonds. The van der Waals surface area contributed by atoms with Gasteiger partial charge in [-0.2, -0.15) is 10.2 Å². The quantitative estimate of drug-likeness (QED) is 0.461. The van der Waals surface area contributed by atoms with Gasteiger partial charge in [0.05, 0.1) is 27.2 Å². The molecule has 0 atom stereocenters. The van der Waals surface area contributed by atoms with Gasteiger partial charge in [-0.05, 0) is 97.2 Å². The van der Waals surface area contributed by atoms with Gasteiger partial charge in [-0.3, -0.25) is 0 Å². The number of anilines is 2. The van der Waals surface area contributed by atoms with E-state index in [2.05, 4.69) is 32.3 Å². The van der Waals surface area contributed by atoms with E-state index in [0.29, 0.717) is 33.3 Å². The van der Waals surface area contributed by atoms with E-state index in [1.165, 1.54) is 6.26 Å². The van der Waals surface area contributed by atoms with E-state index in [0.717, 1.165) is 37.1 Å². The number of aryl methyl sites for hydroxylation is 2. The predicted molar refractivity (Wildman–Crippen MR) is 138 cm³/mol. The average molecular weight is 556 g/mol. The smallest absolute Gasteiger partial charge is 0.238 e. The van der Waals surface area contributed by atoms with E-state index in [1.807, 2.05) is 24.8 Å². The molecule has 2 aromatic carbocycles. The third-order valence-corrected chi connectivity index (χ3v) is 7.55. The van der Waals surface area contributed by atoms with Crippen LogP contribution in [0.5, 0.6) is 11.6 Å². The second-order valence-corrected chi connectivity index (χ2v) is 11.5. The van der Waals surface area contributed by atoms with Gasteiger partial charge in [-0.15, -0.1) is 0 Å². The fourth-order valence-electron chi connectivity index (χ4n) is 4.22. The first-order valence-corrected chi connectivity index (χ1v) is 13.9. The highest BCUT2D eigenvalue weighted by Gasteiger charge is 2.27. The van der Waals surface area contributed by atoms with Crippen molar-refractivity contribution in [1.82, 2.24) is 15.3 Å². The van der Waals surface area contributed by atoms with E-state index < -0.39 is 9.84 Å². The third-order valence-electron chi connectivity index (χ3n) is 5.90. The largest absolute Gasteiger partial charge is 0.437 e. The van der Waals surface area contributed by atoms with Gasteiger partial charge >= 0.3 is 0 Å². The summed E-state index contributed by atoms with van der Waals surface area (Å²) in [6, 6.07) is 12.7. The number of nitrogens with zero attached hydrogens (tertiary/aromatic N) is 4. The Labute approximate surface area is 214 Å². The maximum atomic E-state index is 12.2. The van der Waals surface area contributed by atoms with Crippen LogP contribution in [0.25, 0.3) is 0 Å². The number of rotatable bonds is 6. The average Bonchev–Trinajstić information content (AvgIpc) is 2.83. The summed E-state index contributed by atoms with van der Waals surface area (Å²) in [4.78, 5) is 11.6. The SMILES string of the molecule is Cc1cc(C#N)cc(C)c1Oc1nc(N(c2cccc(S(C)(=O)=O)c2)C2CCNCC2)ncc1Br. The monoisotopic (exact) mass is 555 g/mol. The van der Waals surface area contributed by atoms with Gasteiger partial charge in [0.2, 0.25) is 11.8 Å². The predicted octanol–water partition coefficient (Wildman–Crippen LogP) is 4.81. The highest BCUT2D eigenvalue weighted by Crippen LogP contribution is 2.36. The Balaban J connectivity index is 1.78. The maximum absolute atomic E-state index is 12.2. The van der Waals surface area contributed by atoms with Crippen LogP contribution in [-0.2, 0) is 9.84 Å². The lowest BCUT2D eigenvalue weighted by molar-refractivity contribution is 0.437. The number of aromatic nitrogens is 2. The second kappa shape index (κ2) is 10.3. The number of benzene rings is 2. The third kappa shape index (κ3) is 5.64. The van der Waals surface area contributed by atoms with Gasteiger partial charge in [0, 0.05) is 18.0 Å². The summed E-state index contributed by atoms with van der Waals surface area (Å²) < 4.78 is 31.3. The zero-order chi connectivity index (χ0) is 25.2. The van der Waals surface area contributed by atoms with Gasteiger partial charge in [-0.25, -0.2) is 13.4 Å². The summed E-state index contributed by atoms with van der Waals surface area (Å²) in [6.07, 6.45) is 4.55. The van der Waals surface area contributed by atoms with Crippen molar-refractivity contribution in [2.24, 2.45) is 0 Å². The molecular formula is C25H26BrN5O3S. The van der Waals surface area contributed by atoms with E-state index in [9.17, 15) is 13.7 Å². The van der Waals surface area contributed by atoms with Crippen molar-refractivity contribution >= 4 is 37.4 Å². The maximum Gasteiger partial charge on any atom is 0.238 e. The fraction of sp³-hybridized carbons (Fsp3) is 0.320. The van der Waals surface area contributed by atoms with Gasteiger partial charge < -0.3 is 15.0 Å². The molecule has 0 spiro atoms. The van der Waals surface area contributed by atoms with Crippen molar-refractivity contribution in [1.29, 1.82) is 5.26 Å². The van der Waals surface area contributed by atoms with Crippen molar-refractivity contribution in [2.45, 2.75) is 37.6 Å². The lowest BCUT2D eigenvalue weighted by Gasteiger charge is -2.35. The molecule has 0 unspecified atom stereocenters. The molecular weight excluding hydrogens is 530 g/mol. The van der Waals surface area contributed by atoms with Crippen molar-refractivity contribution in [3.8, 4) is 17.7 Å². The van der Waals surface area contributed by atoms with Crippen LogP contribution in [0, 0.1) is 25.2 Å². The van der Waals surface area contributed by atoms with Crippen LogP contribution < -0.4 is 15.0 Å². The van der Waals surface area contributed by atoms with E-state index in [4.69, 9.17) is 9.72 Å². The molecule has 35 heavy (non-hydrogen) atoms. The molecule has 2 heterocycles. The molecule has 0 aliphatic carbocycles. The molecule has 1 aromatic heterocycles. The molecule has 1 saturated heterocycles. The molecule has 0 bridgehead atoms. The molecule has 3 aromatic rings. The Hall–Kier alpha value is -3.00. The van der Waals surface area contributed by atoms with E-state index >= 15 is 0 Å². The Kier molecular flexibility index (Phi) is 7.40. The summed E-state index contributed by atoms with van der Waals surface area (Å²) >= 11 is 3.49. The number of piperidine rings is 1. The first-order chi connectivity index (χ1) is 16.7. The molecule has 1 fully saturated rings. The zero-order valence-corrected chi connectivity index (χ0v) is 22.1. The van der Waals surface area contributed by atoms with E-state index in [1.54, 1.807) is 36.5 Å². The zero-order valence-electron chi connectivity index (χ0n) is 19.7. The number of nitriles is 1. The molecule has 182 valence electrons. The number of halogens is 1. The molecule has 1 aliphatic heterocycles. The standard InChI is InChI=1S/C25H26BrN5O3S/c1-16-11-18(14-27)12-17(2)23(16)34-24-22(26)15-29-25(30-24)31(19-7-9-28-10-8-19)20-5-4-6-21(13-20)35(3,32)33/h4-6,11-13,15,19,28H,7-10H2,1-3H3. The summed E-state index contributed by atoms with van der Waals surface area (Å²) in [5.74, 6) is 1.38. The second-order valence-electron chi connectivity index (χ2n) is 8.60. The minimum atomic E-state index is -3.38. The first-order valence-electron chi connectivity index (χ1n) is 11.2. The molecule has 1 N–H and O–H groups in total. The summed E-state index contributed by atoms with van der Waals surface area (Å²) in [6.45, 7) is 5.46. The lowest BCUT2D eigenvalue weighted by atomic mass is 10.0. The molecule has 1 aliphatic rings.